The van der Waals surface area contributed by atoms with Crippen LogP contribution in [0, 0.1) is 5.92 Å². The smallest absolute Gasteiger partial charge is 0.225 e. The molecular formula is C25H34N6O. The second-order valence-electron chi connectivity index (χ2n) is 9.60. The van der Waals surface area contributed by atoms with E-state index in [4.69, 9.17) is 9.97 Å². The number of amides is 1. The molecule has 1 saturated carbocycles. The number of rotatable bonds is 4. The van der Waals surface area contributed by atoms with Crippen molar-refractivity contribution in [1.82, 2.24) is 24.8 Å². The summed E-state index contributed by atoms with van der Waals surface area (Å²) in [5.74, 6) is 1.67. The second-order valence-corrected chi connectivity index (χ2v) is 9.60. The van der Waals surface area contributed by atoms with Crippen LogP contribution >= 0.6 is 0 Å². The van der Waals surface area contributed by atoms with E-state index in [0.717, 1.165) is 87.7 Å². The Labute approximate surface area is 190 Å². The summed E-state index contributed by atoms with van der Waals surface area (Å²) in [4.78, 5) is 34.0. The minimum Gasteiger partial charge on any atom is -0.342 e. The van der Waals surface area contributed by atoms with Crippen LogP contribution in [0.1, 0.15) is 50.1 Å². The van der Waals surface area contributed by atoms with Gasteiger partial charge in [-0.05, 0) is 50.4 Å². The molecule has 2 aromatic heterocycles. The van der Waals surface area contributed by atoms with Crippen LogP contribution < -0.4 is 4.90 Å². The lowest BCUT2D eigenvalue weighted by molar-refractivity contribution is -0.136. The number of likely N-dealkylation sites (tertiary alicyclic amines) is 1. The van der Waals surface area contributed by atoms with Crippen molar-refractivity contribution in [2.45, 2.75) is 44.4 Å². The Morgan fingerprint density at radius 1 is 0.969 bits per heavy atom. The van der Waals surface area contributed by atoms with Gasteiger partial charge in [0.25, 0.3) is 0 Å². The van der Waals surface area contributed by atoms with Crippen LogP contribution in [0.25, 0.3) is 11.1 Å². The summed E-state index contributed by atoms with van der Waals surface area (Å²) in [6, 6.07) is 4.06. The highest BCUT2D eigenvalue weighted by Crippen LogP contribution is 2.35. The van der Waals surface area contributed by atoms with Gasteiger partial charge in [0, 0.05) is 75.3 Å². The monoisotopic (exact) mass is 434 g/mol. The third kappa shape index (κ3) is 4.49. The van der Waals surface area contributed by atoms with E-state index in [1.807, 2.05) is 30.7 Å². The highest BCUT2D eigenvalue weighted by Gasteiger charge is 2.33. The van der Waals surface area contributed by atoms with E-state index in [2.05, 4.69) is 26.7 Å². The van der Waals surface area contributed by atoms with Crippen LogP contribution in [-0.2, 0) is 4.79 Å². The first kappa shape index (κ1) is 21.3. The van der Waals surface area contributed by atoms with Crippen molar-refractivity contribution in [3.63, 3.8) is 0 Å². The Morgan fingerprint density at radius 3 is 2.47 bits per heavy atom. The molecule has 2 aliphatic heterocycles. The third-order valence-corrected chi connectivity index (χ3v) is 7.41. The maximum Gasteiger partial charge on any atom is 0.225 e. The molecule has 0 aromatic carbocycles. The average Bonchev–Trinajstić information content (AvgIpc) is 3.39. The Morgan fingerprint density at radius 2 is 1.72 bits per heavy atom. The van der Waals surface area contributed by atoms with Gasteiger partial charge in [-0.1, -0.05) is 12.8 Å². The molecule has 0 spiro atoms. The highest BCUT2D eigenvalue weighted by molar-refractivity contribution is 5.79. The number of nitrogens with zero attached hydrogens (tertiary/aromatic N) is 6. The first-order chi connectivity index (χ1) is 15.7. The highest BCUT2D eigenvalue weighted by atomic mass is 16.2. The number of piperazine rings is 1. The molecule has 1 amide bonds. The van der Waals surface area contributed by atoms with E-state index >= 15 is 0 Å². The minimum absolute atomic E-state index is 0.236. The Kier molecular flexibility index (Phi) is 6.35. The number of aromatic nitrogens is 3. The van der Waals surface area contributed by atoms with Crippen LogP contribution in [0.3, 0.4) is 0 Å². The van der Waals surface area contributed by atoms with Crippen LogP contribution in [0.2, 0.25) is 0 Å². The van der Waals surface area contributed by atoms with E-state index in [1.165, 1.54) is 12.8 Å². The van der Waals surface area contributed by atoms with Gasteiger partial charge in [-0.2, -0.15) is 0 Å². The lowest BCUT2D eigenvalue weighted by Crippen LogP contribution is -2.45. The molecule has 7 nitrogen and oxygen atoms in total. The van der Waals surface area contributed by atoms with Crippen molar-refractivity contribution in [2.75, 3.05) is 51.2 Å². The minimum atomic E-state index is 0.236. The molecule has 170 valence electrons. The maximum atomic E-state index is 13.1. The summed E-state index contributed by atoms with van der Waals surface area (Å²) in [6.45, 7) is 5.60. The zero-order chi connectivity index (χ0) is 21.9. The Balaban J connectivity index is 1.44. The topological polar surface area (TPSA) is 65.5 Å². The van der Waals surface area contributed by atoms with Gasteiger partial charge in [0.2, 0.25) is 11.9 Å². The van der Waals surface area contributed by atoms with Crippen molar-refractivity contribution in [2.24, 2.45) is 5.92 Å². The number of hydrogen-bond donors (Lipinski definition) is 0. The molecule has 1 aliphatic carbocycles. The van der Waals surface area contributed by atoms with E-state index in [1.54, 1.807) is 0 Å². The lowest BCUT2D eigenvalue weighted by Gasteiger charge is -2.36. The molecular weight excluding hydrogens is 400 g/mol. The number of carbonyl (C=O) groups excluding carboxylic acids is 1. The summed E-state index contributed by atoms with van der Waals surface area (Å²) in [6.07, 6.45) is 12.2. The third-order valence-electron chi connectivity index (χ3n) is 7.41. The van der Waals surface area contributed by atoms with Gasteiger partial charge in [-0.25, -0.2) is 9.97 Å². The van der Waals surface area contributed by atoms with Crippen molar-refractivity contribution in [1.29, 1.82) is 0 Å². The Hall–Kier alpha value is -2.54. The molecule has 0 radical (unpaired) electrons. The summed E-state index contributed by atoms with van der Waals surface area (Å²) >= 11 is 0. The molecule has 1 atom stereocenters. The fraction of sp³-hybridized carbons (Fsp3) is 0.600. The maximum absolute atomic E-state index is 13.1. The standard InChI is InChI=1S/C25H34N6O/c1-29-13-15-30(16-14-29)25-27-17-22(19-8-10-26-11-9-19)23(28-25)21-7-4-12-31(18-21)24(32)20-5-2-3-6-20/h8-11,17,20-21H,2-7,12-16,18H2,1H3. The zero-order valence-corrected chi connectivity index (χ0v) is 19.1. The largest absolute Gasteiger partial charge is 0.342 e. The van der Waals surface area contributed by atoms with Crippen molar-refractivity contribution in [3.05, 3.63) is 36.4 Å². The normalized spacial score (nSPS) is 23.0. The quantitative estimate of drug-likeness (QED) is 0.736. The number of piperidine rings is 1. The van der Waals surface area contributed by atoms with Gasteiger partial charge >= 0.3 is 0 Å². The molecule has 5 rings (SSSR count). The van der Waals surface area contributed by atoms with Crippen LogP contribution in [0.15, 0.2) is 30.7 Å². The molecule has 7 heteroatoms. The average molecular weight is 435 g/mol. The van der Waals surface area contributed by atoms with Gasteiger partial charge < -0.3 is 14.7 Å². The number of hydrogen-bond acceptors (Lipinski definition) is 6. The molecule has 2 aromatic rings. The molecule has 0 N–H and O–H groups in total. The number of carbonyl (C=O) groups is 1. The fourth-order valence-electron chi connectivity index (χ4n) is 5.44. The molecule has 3 fully saturated rings. The van der Waals surface area contributed by atoms with Crippen LogP contribution in [0.4, 0.5) is 5.95 Å². The van der Waals surface area contributed by atoms with Crippen molar-refractivity contribution < 1.29 is 4.79 Å². The van der Waals surface area contributed by atoms with E-state index in [-0.39, 0.29) is 11.8 Å². The predicted molar refractivity (Wildman–Crippen MR) is 125 cm³/mol. The van der Waals surface area contributed by atoms with Gasteiger partial charge in [0.05, 0.1) is 5.69 Å². The van der Waals surface area contributed by atoms with Gasteiger partial charge in [-0.15, -0.1) is 0 Å². The molecule has 32 heavy (non-hydrogen) atoms. The fourth-order valence-corrected chi connectivity index (χ4v) is 5.44. The molecule has 0 bridgehead atoms. The van der Waals surface area contributed by atoms with E-state index < -0.39 is 0 Å². The number of pyridine rings is 1. The second kappa shape index (κ2) is 9.53. The van der Waals surface area contributed by atoms with E-state index in [9.17, 15) is 4.79 Å². The molecule has 1 unspecified atom stereocenters. The van der Waals surface area contributed by atoms with Crippen LogP contribution in [-0.4, -0.2) is 77.0 Å². The van der Waals surface area contributed by atoms with Crippen molar-refractivity contribution in [3.8, 4) is 11.1 Å². The first-order valence-corrected chi connectivity index (χ1v) is 12.2. The van der Waals surface area contributed by atoms with E-state index in [0.29, 0.717) is 5.91 Å². The summed E-state index contributed by atoms with van der Waals surface area (Å²) < 4.78 is 0. The summed E-state index contributed by atoms with van der Waals surface area (Å²) in [7, 11) is 2.16. The van der Waals surface area contributed by atoms with Gasteiger partial charge in [0.15, 0.2) is 0 Å². The first-order valence-electron chi connectivity index (χ1n) is 12.2. The lowest BCUT2D eigenvalue weighted by atomic mass is 9.89. The molecule has 4 heterocycles. The number of likely N-dealkylation sites (N-methyl/N-ethyl adjacent to an activating group) is 1. The number of anilines is 1. The summed E-state index contributed by atoms with van der Waals surface area (Å²) in [5.41, 5.74) is 3.26. The van der Waals surface area contributed by atoms with Crippen LogP contribution in [0.5, 0.6) is 0 Å². The zero-order valence-electron chi connectivity index (χ0n) is 19.1. The van der Waals surface area contributed by atoms with Gasteiger partial charge in [-0.3, -0.25) is 9.78 Å². The predicted octanol–water partition coefficient (Wildman–Crippen LogP) is 3.19. The SMILES string of the molecule is CN1CCN(c2ncc(-c3ccncc3)c(C3CCCN(C(=O)C4CCCC4)C3)n2)CC1. The Bertz CT molecular complexity index is 921. The van der Waals surface area contributed by atoms with Gasteiger partial charge in [0.1, 0.15) is 0 Å². The van der Waals surface area contributed by atoms with Crippen molar-refractivity contribution >= 4 is 11.9 Å². The summed E-state index contributed by atoms with van der Waals surface area (Å²) in [5, 5.41) is 0. The molecule has 2 saturated heterocycles. The molecule has 3 aliphatic rings.